The van der Waals surface area contributed by atoms with Crippen LogP contribution in [0.1, 0.15) is 123 Å². The molecule has 9 heterocycles. The Hall–Kier alpha value is -7.88. The van der Waals surface area contributed by atoms with Gasteiger partial charge in [-0.25, -0.2) is 36.5 Å². The van der Waals surface area contributed by atoms with E-state index in [0.717, 1.165) is 0 Å². The fourth-order valence-corrected chi connectivity index (χ4v) is 17.1. The number of aromatic nitrogens is 8. The molecule has 83 heavy (non-hydrogen) atoms. The Bertz CT molecular complexity index is 4730. The third kappa shape index (κ3) is 7.28. The highest BCUT2D eigenvalue weighted by Gasteiger charge is 2.51. The average molecular weight is 1120 g/mol. The zero-order valence-electron chi connectivity index (χ0n) is 52.7. The van der Waals surface area contributed by atoms with Gasteiger partial charge in [-0.2, -0.15) is 0 Å². The molecule has 7 aromatic carbocycles. The van der Waals surface area contributed by atoms with Gasteiger partial charge in [0.25, 0.3) is 17.5 Å². The van der Waals surface area contributed by atoms with E-state index in [4.69, 9.17) is 0 Å². The number of nitrogens with zero attached hydrogens (tertiary/aromatic N) is 8. The van der Waals surface area contributed by atoms with Crippen LogP contribution in [0, 0.1) is 55.4 Å². The molecular formula is C74H82N8S+4. The monoisotopic (exact) mass is 1110 g/mol. The summed E-state index contributed by atoms with van der Waals surface area (Å²) >= 11 is 1.93. The summed E-state index contributed by atoms with van der Waals surface area (Å²) < 4.78 is 20.7. The van der Waals surface area contributed by atoms with Gasteiger partial charge in [0, 0.05) is 87.7 Å². The van der Waals surface area contributed by atoms with Gasteiger partial charge in [-0.15, -0.1) is 11.3 Å². The van der Waals surface area contributed by atoms with Crippen molar-refractivity contribution in [2.45, 2.75) is 133 Å². The summed E-state index contributed by atoms with van der Waals surface area (Å²) in [6.07, 6.45) is 0. The molecule has 4 aliphatic heterocycles. The normalized spacial score (nSPS) is 15.4. The zero-order chi connectivity index (χ0) is 59.0. The van der Waals surface area contributed by atoms with Crippen molar-refractivity contribution in [2.24, 2.45) is 28.2 Å². The quantitative estimate of drug-likeness (QED) is 0.136. The van der Waals surface area contributed by atoms with Gasteiger partial charge in [-0.1, -0.05) is 109 Å². The smallest absolute Gasteiger partial charge is 0.230 e. The third-order valence-corrected chi connectivity index (χ3v) is 21.8. The molecule has 420 valence electrons. The van der Waals surface area contributed by atoms with Crippen molar-refractivity contribution in [1.29, 1.82) is 0 Å². The first-order chi connectivity index (χ1) is 39.3. The van der Waals surface area contributed by atoms with Gasteiger partial charge < -0.3 is 0 Å². The molecule has 0 fully saturated rings. The molecule has 0 saturated heterocycles. The number of fused-ring (bicyclic) bond motifs is 19. The van der Waals surface area contributed by atoms with Gasteiger partial charge in [0.15, 0.2) is 0 Å². The Balaban J connectivity index is 0.000000104. The molecule has 16 rings (SSSR count). The van der Waals surface area contributed by atoms with E-state index < -0.39 is 0 Å². The standard InChI is InChI=1S/3C19H21N2.C17H19N2S/c1-12-13(2)21-18(20(12)5)16-10-14-8-6-7-9-15(14)11-17(16)19(21,3)4;1-12-13(2)21-18(20(12)5)17-15-9-7-6-8-14(15)10-11-16(17)19(21,3)4;1-12-13(2)21-18(20(12)5)16-11-10-14-8-6-7-9-15(14)17(16)19(21,3)4;1-10-11(2)19-16(18(10)5)15-14(17(19,3)4)12-8-6-7-9-13(12)20-15/h3*6-11H,1-5H3;6-9H,1-5H3/q4*+1. The predicted molar refractivity (Wildman–Crippen MR) is 344 cm³/mol. The minimum Gasteiger partial charge on any atom is -0.230 e. The maximum absolute atomic E-state index is 2.51. The summed E-state index contributed by atoms with van der Waals surface area (Å²) in [5.41, 5.74) is 20.8. The lowest BCUT2D eigenvalue weighted by Crippen LogP contribution is -2.32. The van der Waals surface area contributed by atoms with Crippen LogP contribution in [-0.2, 0) is 50.3 Å². The van der Waals surface area contributed by atoms with Crippen LogP contribution in [0.25, 0.3) is 87.3 Å². The van der Waals surface area contributed by atoms with E-state index in [1.54, 1.807) is 0 Å². The van der Waals surface area contributed by atoms with Crippen molar-refractivity contribution < 1.29 is 18.3 Å². The summed E-state index contributed by atoms with van der Waals surface area (Å²) in [5, 5.41) is 9.43. The van der Waals surface area contributed by atoms with E-state index in [0.29, 0.717) is 0 Å². The number of thiophene rings is 1. The summed E-state index contributed by atoms with van der Waals surface area (Å²) in [7, 11) is 8.72. The van der Waals surface area contributed by atoms with Crippen LogP contribution in [0.3, 0.4) is 0 Å². The number of hydrogen-bond acceptors (Lipinski definition) is 1. The van der Waals surface area contributed by atoms with Gasteiger partial charge >= 0.3 is 5.82 Å². The maximum atomic E-state index is 2.51. The molecule has 0 aliphatic carbocycles. The van der Waals surface area contributed by atoms with E-state index in [-0.39, 0.29) is 22.2 Å². The first-order valence-corrected chi connectivity index (χ1v) is 30.5. The molecule has 0 atom stereocenters. The van der Waals surface area contributed by atoms with Crippen LogP contribution in [0.4, 0.5) is 0 Å². The summed E-state index contributed by atoms with van der Waals surface area (Å²) in [5.74, 6) is 5.36. The van der Waals surface area contributed by atoms with Gasteiger partial charge in [0.05, 0.1) is 44.9 Å². The van der Waals surface area contributed by atoms with Crippen molar-refractivity contribution in [3.63, 3.8) is 0 Å². The van der Waals surface area contributed by atoms with Crippen LogP contribution >= 0.6 is 11.3 Å². The highest BCUT2D eigenvalue weighted by atomic mass is 32.1. The largest absolute Gasteiger partial charge is 0.300 e. The molecule has 5 aromatic heterocycles. The van der Waals surface area contributed by atoms with Gasteiger partial charge in [-0.3, -0.25) is 0 Å². The summed E-state index contributed by atoms with van der Waals surface area (Å²) in [4.78, 5) is 1.44. The summed E-state index contributed by atoms with van der Waals surface area (Å²) in [6, 6.07) is 48.7. The van der Waals surface area contributed by atoms with E-state index >= 15 is 0 Å². The first kappa shape index (κ1) is 54.4. The second-order valence-corrected chi connectivity index (χ2v) is 27.3. The first-order valence-electron chi connectivity index (χ1n) is 29.7. The van der Waals surface area contributed by atoms with E-state index in [1.807, 2.05) is 11.3 Å². The lowest BCUT2D eigenvalue weighted by Gasteiger charge is -2.20. The fraction of sp³-hybridized carbons (Fsp3) is 0.324. The van der Waals surface area contributed by atoms with Crippen LogP contribution in [-0.4, -0.2) is 18.3 Å². The lowest BCUT2D eigenvalue weighted by atomic mass is 9.88. The Morgan fingerprint density at radius 2 is 0.735 bits per heavy atom. The molecule has 0 amide bonds. The molecule has 0 N–H and O–H groups in total. The third-order valence-electron chi connectivity index (χ3n) is 20.6. The van der Waals surface area contributed by atoms with Crippen molar-refractivity contribution in [3.05, 3.63) is 201 Å². The van der Waals surface area contributed by atoms with Crippen LogP contribution in [0.2, 0.25) is 0 Å². The fourth-order valence-electron chi connectivity index (χ4n) is 15.7. The molecule has 4 aliphatic rings. The topological polar surface area (TPSA) is 35.2 Å². The molecule has 0 spiro atoms. The second kappa shape index (κ2) is 18.3. The highest BCUT2D eigenvalue weighted by Crippen LogP contribution is 2.53. The van der Waals surface area contributed by atoms with Crippen LogP contribution in [0.5, 0.6) is 0 Å². The Labute approximate surface area is 494 Å². The Morgan fingerprint density at radius 1 is 0.337 bits per heavy atom. The SMILES string of the molecule is Cc1c(C)[n+](C)c2n1C(C)(C)c1c-2ccc2ccccc12.Cc1c(C)[n+](C)c2n1C(C)(C)c1c-2sc2ccccc12.Cc1c(C)[n+](C)c2n1C(C)(C)c1cc3ccccc3cc1-2.Cc1c(C)[n+](C)c2n1C(C)(C)c1ccc3ccccc3c1-2. The Kier molecular flexibility index (Phi) is 12.0. The number of imidazole rings is 4. The molecule has 0 saturated carbocycles. The predicted octanol–water partition coefficient (Wildman–Crippen LogP) is 15.4. The van der Waals surface area contributed by atoms with Gasteiger partial charge in [-0.05, 0) is 112 Å². The van der Waals surface area contributed by atoms with Gasteiger partial charge in [0.1, 0.15) is 72.6 Å². The summed E-state index contributed by atoms with van der Waals surface area (Å²) in [6.45, 7) is 36.4. The lowest BCUT2D eigenvalue weighted by molar-refractivity contribution is -0.665. The minimum absolute atomic E-state index is 0.00476. The average Bonchev–Trinajstić information content (AvgIpc) is 4.30. The van der Waals surface area contributed by atoms with Crippen molar-refractivity contribution >= 4 is 53.7 Å². The molecular weight excluding hydrogens is 1030 g/mol. The zero-order valence-corrected chi connectivity index (χ0v) is 53.5. The molecule has 12 aromatic rings. The van der Waals surface area contributed by atoms with E-state index in [9.17, 15) is 0 Å². The highest BCUT2D eigenvalue weighted by molar-refractivity contribution is 7.22. The van der Waals surface area contributed by atoms with Crippen LogP contribution < -0.4 is 18.3 Å². The number of hydrogen-bond donors (Lipinski definition) is 0. The Morgan fingerprint density at radius 3 is 1.33 bits per heavy atom. The maximum Gasteiger partial charge on any atom is 0.300 e. The molecule has 0 unspecified atom stereocenters. The van der Waals surface area contributed by atoms with Gasteiger partial charge in [0.2, 0.25) is 0 Å². The molecule has 8 nitrogen and oxygen atoms in total. The number of benzene rings is 7. The molecule has 9 heteroatoms. The van der Waals surface area contributed by atoms with Crippen LogP contribution in [0.15, 0.2) is 133 Å². The number of rotatable bonds is 0. The van der Waals surface area contributed by atoms with E-state index in [2.05, 4.69) is 309 Å². The van der Waals surface area contributed by atoms with Crippen molar-refractivity contribution in [1.82, 2.24) is 18.3 Å². The second-order valence-electron chi connectivity index (χ2n) is 26.3. The van der Waals surface area contributed by atoms with E-state index in [1.165, 1.54) is 155 Å². The van der Waals surface area contributed by atoms with Crippen molar-refractivity contribution in [3.8, 4) is 44.9 Å². The van der Waals surface area contributed by atoms with Crippen molar-refractivity contribution in [2.75, 3.05) is 0 Å². The molecule has 0 bridgehead atoms. The minimum atomic E-state index is -0.0123. The molecule has 0 radical (unpaired) electrons.